The molecule has 1 atom stereocenters. The van der Waals surface area contributed by atoms with Gasteiger partial charge in [0, 0.05) is 14.2 Å². The van der Waals surface area contributed by atoms with Crippen molar-refractivity contribution in [2.75, 3.05) is 14.2 Å². The van der Waals surface area contributed by atoms with Gasteiger partial charge in [0.2, 0.25) is 0 Å². The first kappa shape index (κ1) is 8.24. The zero-order valence-electron chi connectivity index (χ0n) is 7.02. The molecule has 0 aromatic heterocycles. The van der Waals surface area contributed by atoms with E-state index in [0.717, 1.165) is 0 Å². The van der Waals surface area contributed by atoms with Crippen molar-refractivity contribution in [2.45, 2.75) is 31.4 Å². The van der Waals surface area contributed by atoms with Crippen molar-refractivity contribution in [3.05, 3.63) is 0 Å². The molecule has 1 heterocycles. The van der Waals surface area contributed by atoms with Gasteiger partial charge in [-0.25, -0.2) is 0 Å². The van der Waals surface area contributed by atoms with Crippen LogP contribution in [0.1, 0.15) is 19.8 Å². The van der Waals surface area contributed by atoms with Crippen molar-refractivity contribution in [3.8, 4) is 0 Å². The van der Waals surface area contributed by atoms with Gasteiger partial charge < -0.3 is 8.85 Å². The third-order valence-electron chi connectivity index (χ3n) is 2.60. The van der Waals surface area contributed by atoms with Crippen LogP contribution in [0.5, 0.6) is 0 Å². The van der Waals surface area contributed by atoms with Crippen LogP contribution in [0.4, 0.5) is 0 Å². The fraction of sp³-hybridized carbons (Fsp3) is 1.00. The van der Waals surface area contributed by atoms with E-state index in [9.17, 15) is 0 Å². The van der Waals surface area contributed by atoms with Crippen LogP contribution in [0.25, 0.3) is 0 Å². The van der Waals surface area contributed by atoms with Gasteiger partial charge in [-0.05, 0) is 18.0 Å². The Labute approximate surface area is 63.8 Å². The smallest absolute Gasteiger partial charge is 0.340 e. The molecule has 1 fully saturated rings. The lowest BCUT2D eigenvalue weighted by Crippen LogP contribution is -2.40. The molecule has 1 saturated heterocycles. The zero-order valence-corrected chi connectivity index (χ0v) is 8.02. The Balaban J connectivity index is 2.61. The highest BCUT2D eigenvalue weighted by Gasteiger charge is 2.45. The number of hydrogen-bond acceptors (Lipinski definition) is 2. The van der Waals surface area contributed by atoms with E-state index in [1.54, 1.807) is 14.2 Å². The lowest BCUT2D eigenvalue weighted by Gasteiger charge is -2.26. The molecule has 0 N–H and O–H groups in total. The average molecular weight is 160 g/mol. The van der Waals surface area contributed by atoms with Crippen molar-refractivity contribution in [2.24, 2.45) is 0 Å². The fourth-order valence-electron chi connectivity index (χ4n) is 1.81. The molecular formula is C7H16O2Si. The molecular weight excluding hydrogens is 144 g/mol. The molecule has 0 radical (unpaired) electrons. The molecule has 2 nitrogen and oxygen atoms in total. The Morgan fingerprint density at radius 1 is 1.30 bits per heavy atom. The molecule has 1 unspecified atom stereocenters. The maximum Gasteiger partial charge on any atom is 0.340 e. The summed E-state index contributed by atoms with van der Waals surface area (Å²) in [6.07, 6.45) is 2.57. The van der Waals surface area contributed by atoms with E-state index in [2.05, 4.69) is 6.92 Å². The molecule has 3 heteroatoms. The van der Waals surface area contributed by atoms with E-state index < -0.39 is 8.56 Å². The lowest BCUT2D eigenvalue weighted by molar-refractivity contribution is 0.240. The van der Waals surface area contributed by atoms with Crippen molar-refractivity contribution < 1.29 is 8.85 Å². The summed E-state index contributed by atoms with van der Waals surface area (Å²) in [6.45, 7) is 2.24. The van der Waals surface area contributed by atoms with E-state index in [-0.39, 0.29) is 0 Å². The molecule has 0 spiro atoms. The molecule has 1 rings (SSSR count). The van der Waals surface area contributed by atoms with Gasteiger partial charge in [0.1, 0.15) is 0 Å². The summed E-state index contributed by atoms with van der Waals surface area (Å²) in [6, 6.07) is 1.18. The second kappa shape index (κ2) is 3.03. The molecule has 0 bridgehead atoms. The van der Waals surface area contributed by atoms with Crippen LogP contribution in [0, 0.1) is 0 Å². The second-order valence-electron chi connectivity index (χ2n) is 3.01. The number of hydrogen-bond donors (Lipinski definition) is 0. The summed E-state index contributed by atoms with van der Waals surface area (Å²) in [5.74, 6) is 0. The first-order valence-electron chi connectivity index (χ1n) is 3.85. The van der Waals surface area contributed by atoms with Crippen molar-refractivity contribution in [3.63, 3.8) is 0 Å². The summed E-state index contributed by atoms with van der Waals surface area (Å²) in [7, 11) is 1.89. The van der Waals surface area contributed by atoms with E-state index in [4.69, 9.17) is 8.85 Å². The third kappa shape index (κ3) is 1.13. The highest BCUT2D eigenvalue weighted by Crippen LogP contribution is 2.39. The lowest BCUT2D eigenvalue weighted by atomic mass is 10.3. The summed E-state index contributed by atoms with van der Waals surface area (Å²) in [4.78, 5) is 0. The van der Waals surface area contributed by atoms with Crippen LogP contribution >= 0.6 is 0 Å². The molecule has 0 aromatic carbocycles. The molecule has 0 saturated carbocycles. The molecule has 1 aliphatic heterocycles. The highest BCUT2D eigenvalue weighted by atomic mass is 28.4. The third-order valence-corrected chi connectivity index (χ3v) is 6.83. The summed E-state index contributed by atoms with van der Waals surface area (Å²) >= 11 is 0. The fourth-order valence-corrected chi connectivity index (χ4v) is 5.02. The van der Waals surface area contributed by atoms with Crippen LogP contribution in [0.2, 0.25) is 11.6 Å². The van der Waals surface area contributed by atoms with Gasteiger partial charge in [-0.1, -0.05) is 13.3 Å². The van der Waals surface area contributed by atoms with E-state index in [0.29, 0.717) is 5.54 Å². The Morgan fingerprint density at radius 2 is 1.90 bits per heavy atom. The van der Waals surface area contributed by atoms with E-state index >= 15 is 0 Å². The van der Waals surface area contributed by atoms with Crippen LogP contribution in [-0.4, -0.2) is 22.8 Å². The molecule has 0 aromatic rings. The van der Waals surface area contributed by atoms with Gasteiger partial charge in [-0.3, -0.25) is 0 Å². The second-order valence-corrected chi connectivity index (χ2v) is 6.94. The summed E-state index contributed by atoms with van der Waals surface area (Å²) in [5.41, 5.74) is 0.683. The number of rotatable bonds is 2. The predicted molar refractivity (Wildman–Crippen MR) is 43.2 cm³/mol. The Bertz CT molecular complexity index is 112. The maximum absolute atomic E-state index is 5.48. The van der Waals surface area contributed by atoms with Gasteiger partial charge in [-0.15, -0.1) is 0 Å². The van der Waals surface area contributed by atoms with E-state index in [1.165, 1.54) is 18.9 Å². The SMILES string of the molecule is CO[Si]1(OC)CCCC1C. The zero-order chi connectivity index (χ0) is 7.61. The topological polar surface area (TPSA) is 18.5 Å². The van der Waals surface area contributed by atoms with Crippen LogP contribution in [0.3, 0.4) is 0 Å². The summed E-state index contributed by atoms with van der Waals surface area (Å²) in [5, 5.41) is 0. The minimum Gasteiger partial charge on any atom is -0.397 e. The van der Waals surface area contributed by atoms with Crippen LogP contribution < -0.4 is 0 Å². The molecule has 0 amide bonds. The predicted octanol–water partition coefficient (Wildman–Crippen LogP) is 1.91. The maximum atomic E-state index is 5.48. The molecule has 0 aliphatic carbocycles. The van der Waals surface area contributed by atoms with Crippen molar-refractivity contribution in [1.29, 1.82) is 0 Å². The minimum absolute atomic E-state index is 0.683. The minimum atomic E-state index is -1.68. The van der Waals surface area contributed by atoms with Gasteiger partial charge in [-0.2, -0.15) is 0 Å². The first-order valence-corrected chi connectivity index (χ1v) is 5.95. The van der Waals surface area contributed by atoms with E-state index in [1.807, 2.05) is 0 Å². The van der Waals surface area contributed by atoms with Gasteiger partial charge >= 0.3 is 8.56 Å². The highest BCUT2D eigenvalue weighted by molar-refractivity contribution is 6.69. The summed E-state index contributed by atoms with van der Waals surface area (Å²) < 4.78 is 11.0. The normalized spacial score (nSPS) is 30.9. The monoisotopic (exact) mass is 160 g/mol. The Kier molecular flexibility index (Phi) is 2.49. The molecule has 60 valence electrons. The quantitative estimate of drug-likeness (QED) is 0.574. The molecule has 1 aliphatic rings. The van der Waals surface area contributed by atoms with Crippen molar-refractivity contribution >= 4 is 8.56 Å². The van der Waals surface area contributed by atoms with Crippen LogP contribution in [-0.2, 0) is 8.85 Å². The molecule has 10 heavy (non-hydrogen) atoms. The first-order chi connectivity index (χ1) is 4.75. The largest absolute Gasteiger partial charge is 0.397 e. The van der Waals surface area contributed by atoms with Gasteiger partial charge in [0.25, 0.3) is 0 Å². The Hall–Kier alpha value is 0.137. The van der Waals surface area contributed by atoms with Gasteiger partial charge in [0.05, 0.1) is 0 Å². The Morgan fingerprint density at radius 3 is 2.10 bits per heavy atom. The van der Waals surface area contributed by atoms with Crippen molar-refractivity contribution in [1.82, 2.24) is 0 Å². The standard InChI is InChI=1S/C7H16O2Si/c1-7-5-4-6-10(7,8-2)9-3/h7H,4-6H2,1-3H3. The van der Waals surface area contributed by atoms with Crippen LogP contribution in [0.15, 0.2) is 0 Å². The van der Waals surface area contributed by atoms with Gasteiger partial charge in [0.15, 0.2) is 0 Å². The average Bonchev–Trinajstić information content (AvgIpc) is 2.32.